The molecule has 0 amide bonds. The second kappa shape index (κ2) is 10.6. The van der Waals surface area contributed by atoms with Gasteiger partial charge < -0.3 is 24.4 Å². The number of nitrogens with zero attached hydrogens (tertiary/aromatic N) is 2. The molecule has 1 aromatic carbocycles. The smallest absolute Gasteiger partial charge is 0.434 e. The van der Waals surface area contributed by atoms with Crippen LogP contribution in [0.25, 0.3) is 0 Å². The highest BCUT2D eigenvalue weighted by molar-refractivity contribution is 14.1. The Bertz CT molecular complexity index is 1200. The van der Waals surface area contributed by atoms with Crippen molar-refractivity contribution in [1.82, 2.24) is 9.55 Å². The van der Waals surface area contributed by atoms with Gasteiger partial charge in [-0.1, -0.05) is 13.0 Å². The molecule has 5 atom stereocenters. The summed E-state index contributed by atoms with van der Waals surface area (Å²) in [5.41, 5.74) is -0.948. The Morgan fingerprint density at radius 1 is 1.32 bits per heavy atom. The molecule has 0 aliphatic carbocycles. The van der Waals surface area contributed by atoms with E-state index in [4.69, 9.17) is 14.2 Å². The Morgan fingerprint density at radius 2 is 2.03 bits per heavy atom. The summed E-state index contributed by atoms with van der Waals surface area (Å²) in [6.07, 6.45) is -5.44. The highest BCUT2D eigenvalue weighted by Crippen LogP contribution is 2.30. The number of aliphatic hydroxyl groups is 2. The van der Waals surface area contributed by atoms with Gasteiger partial charge in [-0.2, -0.15) is 0 Å². The molecule has 2 aromatic rings. The van der Waals surface area contributed by atoms with Gasteiger partial charge in [-0.15, -0.1) is 0 Å². The molecule has 3 unspecified atom stereocenters. The van der Waals surface area contributed by atoms with Crippen molar-refractivity contribution in [2.45, 2.75) is 44.3 Å². The molecular weight excluding hydrogens is 569 g/mol. The molecule has 1 fully saturated rings. The number of hydrogen-bond donors (Lipinski definition) is 3. The fourth-order valence-corrected chi connectivity index (χ4v) is 3.91. The molecular formula is C20H22IN3O10. The molecule has 2 heterocycles. The lowest BCUT2D eigenvalue weighted by molar-refractivity contribution is -0.385. The summed E-state index contributed by atoms with van der Waals surface area (Å²) in [5, 5.41) is 31.8. The highest BCUT2D eigenvalue weighted by atomic mass is 127. The topological polar surface area (TPSA) is 183 Å². The van der Waals surface area contributed by atoms with Crippen molar-refractivity contribution in [3.8, 4) is 0 Å². The van der Waals surface area contributed by atoms with E-state index in [1.54, 1.807) is 19.1 Å². The van der Waals surface area contributed by atoms with Crippen molar-refractivity contribution < 1.29 is 34.1 Å². The quantitative estimate of drug-likeness (QED) is 0.181. The number of ether oxygens (including phenoxy) is 3. The summed E-state index contributed by atoms with van der Waals surface area (Å²) >= 11 is 1.96. The fraction of sp³-hybridized carbons (Fsp3) is 0.450. The van der Waals surface area contributed by atoms with Gasteiger partial charge in [-0.05, 0) is 35.6 Å². The van der Waals surface area contributed by atoms with Crippen molar-refractivity contribution in [2.75, 3.05) is 13.2 Å². The molecule has 0 radical (unpaired) electrons. The van der Waals surface area contributed by atoms with E-state index in [2.05, 4.69) is 4.98 Å². The highest BCUT2D eigenvalue weighted by Gasteiger charge is 2.44. The lowest BCUT2D eigenvalue weighted by Gasteiger charge is -2.17. The maximum Gasteiger partial charge on any atom is 0.508 e. The van der Waals surface area contributed by atoms with E-state index >= 15 is 0 Å². The van der Waals surface area contributed by atoms with Gasteiger partial charge in [0.2, 0.25) is 0 Å². The molecule has 3 N–H and O–H groups in total. The average Bonchev–Trinajstić information content (AvgIpc) is 3.06. The largest absolute Gasteiger partial charge is 0.508 e. The van der Waals surface area contributed by atoms with Crippen LogP contribution in [-0.2, 0) is 14.2 Å². The van der Waals surface area contributed by atoms with Crippen LogP contribution in [0.2, 0.25) is 0 Å². The van der Waals surface area contributed by atoms with Crippen LogP contribution in [0.15, 0.2) is 34.0 Å². The number of carbonyl (C=O) groups excluding carboxylic acids is 1. The molecule has 1 aliphatic rings. The first-order chi connectivity index (χ1) is 16.0. The third kappa shape index (κ3) is 5.63. The molecule has 1 aromatic heterocycles. The van der Waals surface area contributed by atoms with Gasteiger partial charge >= 0.3 is 11.8 Å². The van der Waals surface area contributed by atoms with Gasteiger partial charge in [0, 0.05) is 32.9 Å². The first-order valence-electron chi connectivity index (χ1n) is 10.1. The third-order valence-corrected chi connectivity index (χ3v) is 5.96. The fourth-order valence-electron chi connectivity index (χ4n) is 3.44. The second-order valence-corrected chi connectivity index (χ2v) is 9.00. The Balaban J connectivity index is 1.57. The monoisotopic (exact) mass is 591 g/mol. The minimum Gasteiger partial charge on any atom is -0.434 e. The van der Waals surface area contributed by atoms with E-state index < -0.39 is 59.4 Å². The lowest BCUT2D eigenvalue weighted by Crippen LogP contribution is -2.38. The van der Waals surface area contributed by atoms with Gasteiger partial charge in [0.1, 0.15) is 31.5 Å². The number of nitro groups is 1. The zero-order valence-electron chi connectivity index (χ0n) is 18.0. The summed E-state index contributed by atoms with van der Waals surface area (Å²) in [6.45, 7) is 2.40. The van der Waals surface area contributed by atoms with Crippen LogP contribution in [0.5, 0.6) is 0 Å². The summed E-state index contributed by atoms with van der Waals surface area (Å²) in [4.78, 5) is 48.4. The summed E-state index contributed by atoms with van der Waals surface area (Å²) in [7, 11) is 0. The van der Waals surface area contributed by atoms with Crippen molar-refractivity contribution in [2.24, 2.45) is 0 Å². The molecule has 1 saturated heterocycles. The number of hydrogen-bond acceptors (Lipinski definition) is 10. The van der Waals surface area contributed by atoms with E-state index in [1.165, 1.54) is 19.2 Å². The number of aromatic nitrogens is 2. The molecule has 3 rings (SSSR count). The molecule has 14 heteroatoms. The van der Waals surface area contributed by atoms with Crippen molar-refractivity contribution in [3.63, 3.8) is 0 Å². The van der Waals surface area contributed by atoms with Gasteiger partial charge in [0.05, 0.1) is 4.92 Å². The van der Waals surface area contributed by atoms with Crippen LogP contribution in [0.1, 0.15) is 30.2 Å². The van der Waals surface area contributed by atoms with Gasteiger partial charge in [-0.3, -0.25) is 24.5 Å². The Hall–Kier alpha value is -2.82. The number of nitrogens with one attached hydrogen (secondary N) is 1. The predicted octanol–water partition coefficient (Wildman–Crippen LogP) is 0.934. The van der Waals surface area contributed by atoms with Gasteiger partial charge in [0.25, 0.3) is 11.2 Å². The maximum absolute atomic E-state index is 12.0. The summed E-state index contributed by atoms with van der Waals surface area (Å²) in [6, 6.07) is 4.71. The van der Waals surface area contributed by atoms with Crippen molar-refractivity contribution in [1.29, 1.82) is 0 Å². The number of aryl methyl sites for hydroxylation is 1. The van der Waals surface area contributed by atoms with Gasteiger partial charge in [0.15, 0.2) is 6.23 Å². The van der Waals surface area contributed by atoms with Crippen LogP contribution in [0.3, 0.4) is 0 Å². The molecule has 0 spiro atoms. The number of H-pyrrole nitrogens is 1. The number of nitro benzene ring substituents is 1. The number of carbonyl (C=O) groups is 1. The van der Waals surface area contributed by atoms with E-state index in [0.717, 1.165) is 4.57 Å². The summed E-state index contributed by atoms with van der Waals surface area (Å²) < 4.78 is 17.1. The van der Waals surface area contributed by atoms with Crippen molar-refractivity contribution in [3.05, 3.63) is 70.0 Å². The molecule has 13 nitrogen and oxygen atoms in total. The van der Waals surface area contributed by atoms with Gasteiger partial charge in [-0.25, -0.2) is 9.59 Å². The molecule has 184 valence electrons. The van der Waals surface area contributed by atoms with E-state index in [1.807, 2.05) is 22.6 Å². The number of benzene rings is 1. The molecule has 1 aliphatic heterocycles. The molecule has 0 saturated carbocycles. The molecule has 0 bridgehead atoms. The number of aliphatic hydroxyl groups excluding tert-OH is 2. The van der Waals surface area contributed by atoms with E-state index in [0.29, 0.717) is 9.13 Å². The standard InChI is InChI=1S/C20H22IN3O10/c1-9-6-23(19(28)22-17(9)27)18-16(26)15(25)14(34-18)8-33-20(29)32-7-10(2)12-4-3-11(21)5-13(12)24(30)31/h3-6,10,14-16,18,25-26H,7-8H2,1-2H3,(H,22,27,28)/t10?,14-,15?,16?,18-/m1/s1. The zero-order valence-corrected chi connectivity index (χ0v) is 20.2. The zero-order chi connectivity index (χ0) is 25.2. The normalized spacial score (nSPS) is 22.9. The van der Waals surface area contributed by atoms with E-state index in [-0.39, 0.29) is 17.9 Å². The third-order valence-electron chi connectivity index (χ3n) is 5.29. The first kappa shape index (κ1) is 25.8. The van der Waals surface area contributed by atoms with Crippen LogP contribution >= 0.6 is 22.6 Å². The minimum atomic E-state index is -1.53. The number of halogens is 1. The van der Waals surface area contributed by atoms with Crippen LogP contribution in [-0.4, -0.2) is 62.4 Å². The van der Waals surface area contributed by atoms with Crippen LogP contribution < -0.4 is 11.2 Å². The maximum atomic E-state index is 12.0. The minimum absolute atomic E-state index is 0.0911. The Kier molecular flexibility index (Phi) is 8.06. The van der Waals surface area contributed by atoms with E-state index in [9.17, 15) is 34.7 Å². The number of aromatic amines is 1. The van der Waals surface area contributed by atoms with Crippen LogP contribution in [0, 0.1) is 20.6 Å². The van der Waals surface area contributed by atoms with Crippen LogP contribution in [0.4, 0.5) is 10.5 Å². The molecule has 34 heavy (non-hydrogen) atoms. The van der Waals surface area contributed by atoms with Crippen molar-refractivity contribution >= 4 is 34.4 Å². The second-order valence-electron chi connectivity index (χ2n) is 7.76. The SMILES string of the molecule is Cc1cn([C@@H]2O[C@H](COC(=O)OCC(C)c3ccc(I)cc3[N+](=O)[O-])C(O)C2O)c(=O)[nH]c1=O. The summed E-state index contributed by atoms with van der Waals surface area (Å²) in [5.74, 6) is -0.500. The average molecular weight is 591 g/mol. The first-order valence-corrected chi connectivity index (χ1v) is 11.1. The Labute approximate surface area is 205 Å². The lowest BCUT2D eigenvalue weighted by atomic mass is 10.0. The predicted molar refractivity (Wildman–Crippen MR) is 124 cm³/mol. The number of rotatable bonds is 7. The Morgan fingerprint density at radius 3 is 2.71 bits per heavy atom.